The average Bonchev–Trinajstić information content (AvgIpc) is 3.37. The van der Waals surface area contributed by atoms with Crippen molar-refractivity contribution < 1.29 is 0 Å². The molecule has 1 atom stereocenters. The van der Waals surface area contributed by atoms with Crippen LogP contribution < -0.4 is 5.32 Å². The van der Waals surface area contributed by atoms with Gasteiger partial charge >= 0.3 is 0 Å². The third-order valence-electron chi connectivity index (χ3n) is 3.94. The number of pyridine rings is 1. The molecular weight excluding hydrogens is 260 g/mol. The van der Waals surface area contributed by atoms with Crippen LogP contribution in [0.1, 0.15) is 62.2 Å². The monoisotopic (exact) mass is 282 g/mol. The minimum Gasteiger partial charge on any atom is -0.363 e. The number of nitrogens with one attached hydrogen (secondary N) is 1. The van der Waals surface area contributed by atoms with Crippen LogP contribution in [0.2, 0.25) is 0 Å². The Morgan fingerprint density at radius 3 is 2.95 bits per heavy atom. The molecule has 0 bridgehead atoms. The molecule has 1 N–H and O–H groups in total. The maximum atomic E-state index is 4.38. The van der Waals surface area contributed by atoms with E-state index in [4.69, 9.17) is 0 Å². The van der Waals surface area contributed by atoms with E-state index in [-0.39, 0.29) is 6.04 Å². The molecule has 2 aromatic heterocycles. The molecule has 4 heteroatoms. The van der Waals surface area contributed by atoms with Crippen LogP contribution >= 0.6 is 0 Å². The maximum absolute atomic E-state index is 4.38. The second kappa shape index (κ2) is 6.66. The zero-order valence-electron chi connectivity index (χ0n) is 12.5. The molecule has 0 radical (unpaired) electrons. The highest BCUT2D eigenvalue weighted by Gasteiger charge is 2.25. The highest BCUT2D eigenvalue weighted by Crippen LogP contribution is 2.39. The van der Waals surface area contributed by atoms with E-state index in [9.17, 15) is 0 Å². The molecule has 0 spiro atoms. The summed E-state index contributed by atoms with van der Waals surface area (Å²) in [6.45, 7) is 2.22. The first kappa shape index (κ1) is 14.0. The summed E-state index contributed by atoms with van der Waals surface area (Å²) in [7, 11) is 0. The molecule has 0 saturated heterocycles. The molecule has 2 heterocycles. The Morgan fingerprint density at radius 2 is 2.24 bits per heavy atom. The van der Waals surface area contributed by atoms with E-state index in [1.807, 2.05) is 18.5 Å². The summed E-state index contributed by atoms with van der Waals surface area (Å²) in [4.78, 5) is 13.0. The molecule has 21 heavy (non-hydrogen) atoms. The molecule has 1 aliphatic carbocycles. The van der Waals surface area contributed by atoms with E-state index in [0.29, 0.717) is 5.92 Å². The number of nitrogens with zero attached hydrogens (tertiary/aromatic N) is 3. The lowest BCUT2D eigenvalue weighted by molar-refractivity contribution is 0.630. The van der Waals surface area contributed by atoms with Gasteiger partial charge in [-0.25, -0.2) is 9.97 Å². The quantitative estimate of drug-likeness (QED) is 0.831. The maximum Gasteiger partial charge on any atom is 0.130 e. The van der Waals surface area contributed by atoms with Crippen molar-refractivity contribution in [2.24, 2.45) is 0 Å². The third kappa shape index (κ3) is 3.78. The van der Waals surface area contributed by atoms with E-state index >= 15 is 0 Å². The van der Waals surface area contributed by atoms with E-state index in [1.165, 1.54) is 36.9 Å². The van der Waals surface area contributed by atoms with Crippen molar-refractivity contribution in [2.45, 2.75) is 51.0 Å². The van der Waals surface area contributed by atoms with Gasteiger partial charge in [-0.05, 0) is 30.9 Å². The molecule has 0 aromatic carbocycles. The minimum atomic E-state index is 0.264. The van der Waals surface area contributed by atoms with Crippen LogP contribution in [-0.2, 0) is 0 Å². The Morgan fingerprint density at radius 1 is 1.33 bits per heavy atom. The second-order valence-corrected chi connectivity index (χ2v) is 5.73. The van der Waals surface area contributed by atoms with E-state index in [0.717, 1.165) is 12.2 Å². The standard InChI is InChI=1S/C17H22N4/c1-2-3-6-15(14-5-4-9-18-11-14)21-17-10-16(13-7-8-13)19-12-20-17/h4-5,9-13,15H,2-3,6-8H2,1H3,(H,19,20,21). The van der Waals surface area contributed by atoms with Crippen LogP contribution in [0, 0.1) is 0 Å². The second-order valence-electron chi connectivity index (χ2n) is 5.73. The predicted molar refractivity (Wildman–Crippen MR) is 84.1 cm³/mol. The Hall–Kier alpha value is -1.97. The largest absolute Gasteiger partial charge is 0.363 e. The zero-order chi connectivity index (χ0) is 14.5. The van der Waals surface area contributed by atoms with Crippen LogP contribution in [0.3, 0.4) is 0 Å². The molecule has 1 saturated carbocycles. The van der Waals surface area contributed by atoms with E-state index in [2.05, 4.69) is 39.3 Å². The van der Waals surface area contributed by atoms with Crippen LogP contribution in [0.5, 0.6) is 0 Å². The fourth-order valence-corrected chi connectivity index (χ4v) is 2.54. The number of anilines is 1. The van der Waals surface area contributed by atoms with Crippen molar-refractivity contribution in [1.82, 2.24) is 15.0 Å². The summed E-state index contributed by atoms with van der Waals surface area (Å²) in [5, 5.41) is 3.56. The first-order valence-corrected chi connectivity index (χ1v) is 7.85. The topological polar surface area (TPSA) is 50.7 Å². The summed E-state index contributed by atoms with van der Waals surface area (Å²) < 4.78 is 0. The van der Waals surface area contributed by atoms with Crippen LogP contribution in [-0.4, -0.2) is 15.0 Å². The van der Waals surface area contributed by atoms with Gasteiger partial charge in [-0.3, -0.25) is 4.98 Å². The van der Waals surface area contributed by atoms with Crippen LogP contribution in [0.25, 0.3) is 0 Å². The van der Waals surface area contributed by atoms with Gasteiger partial charge in [0.25, 0.3) is 0 Å². The van der Waals surface area contributed by atoms with Gasteiger partial charge in [0, 0.05) is 30.1 Å². The van der Waals surface area contributed by atoms with Gasteiger partial charge in [-0.2, -0.15) is 0 Å². The SMILES string of the molecule is CCCCC(Nc1cc(C2CC2)ncn1)c1cccnc1. The molecule has 0 aliphatic heterocycles. The fraction of sp³-hybridized carbons (Fsp3) is 0.471. The third-order valence-corrected chi connectivity index (χ3v) is 3.94. The van der Waals surface area contributed by atoms with Gasteiger partial charge in [0.15, 0.2) is 0 Å². The summed E-state index contributed by atoms with van der Waals surface area (Å²) >= 11 is 0. The van der Waals surface area contributed by atoms with Gasteiger partial charge in [-0.15, -0.1) is 0 Å². The van der Waals surface area contributed by atoms with Crippen molar-refractivity contribution in [3.63, 3.8) is 0 Å². The lowest BCUT2D eigenvalue weighted by atomic mass is 10.0. The molecule has 1 unspecified atom stereocenters. The van der Waals surface area contributed by atoms with Crippen molar-refractivity contribution in [3.8, 4) is 0 Å². The summed E-state index contributed by atoms with van der Waals surface area (Å²) in [6.07, 6.45) is 11.4. The summed E-state index contributed by atoms with van der Waals surface area (Å²) in [5.74, 6) is 1.58. The number of hydrogen-bond acceptors (Lipinski definition) is 4. The molecule has 1 fully saturated rings. The van der Waals surface area contributed by atoms with Crippen LogP contribution in [0.15, 0.2) is 36.9 Å². The predicted octanol–water partition coefficient (Wildman–Crippen LogP) is 4.09. The summed E-state index contributed by atoms with van der Waals surface area (Å²) in [6, 6.07) is 6.49. The minimum absolute atomic E-state index is 0.264. The first-order chi connectivity index (χ1) is 10.4. The van der Waals surface area contributed by atoms with Gasteiger partial charge in [0.1, 0.15) is 12.1 Å². The molecule has 1 aliphatic rings. The Labute approximate surface area is 126 Å². The number of rotatable bonds is 7. The van der Waals surface area contributed by atoms with E-state index in [1.54, 1.807) is 6.33 Å². The Bertz CT molecular complexity index is 566. The smallest absolute Gasteiger partial charge is 0.130 e. The molecule has 3 rings (SSSR count). The van der Waals surface area contributed by atoms with Crippen LogP contribution in [0.4, 0.5) is 5.82 Å². The van der Waals surface area contributed by atoms with Gasteiger partial charge < -0.3 is 5.32 Å². The van der Waals surface area contributed by atoms with Gasteiger partial charge in [-0.1, -0.05) is 25.8 Å². The molecule has 0 amide bonds. The Kier molecular flexibility index (Phi) is 4.43. The molecular formula is C17H22N4. The average molecular weight is 282 g/mol. The number of hydrogen-bond donors (Lipinski definition) is 1. The van der Waals surface area contributed by atoms with Crippen molar-refractivity contribution in [1.29, 1.82) is 0 Å². The number of aromatic nitrogens is 3. The summed E-state index contributed by atoms with van der Waals surface area (Å²) in [5.41, 5.74) is 2.39. The molecule has 110 valence electrons. The van der Waals surface area contributed by atoms with Crippen molar-refractivity contribution >= 4 is 5.82 Å². The highest BCUT2D eigenvalue weighted by molar-refractivity contribution is 5.39. The first-order valence-electron chi connectivity index (χ1n) is 7.85. The van der Waals surface area contributed by atoms with Crippen molar-refractivity contribution in [2.75, 3.05) is 5.32 Å². The lowest BCUT2D eigenvalue weighted by Crippen LogP contribution is -2.12. The van der Waals surface area contributed by atoms with E-state index < -0.39 is 0 Å². The fourth-order valence-electron chi connectivity index (χ4n) is 2.54. The van der Waals surface area contributed by atoms with Gasteiger partial charge in [0.05, 0.1) is 6.04 Å². The van der Waals surface area contributed by atoms with Crippen molar-refractivity contribution in [3.05, 3.63) is 48.2 Å². The normalized spacial score (nSPS) is 15.7. The zero-order valence-corrected chi connectivity index (χ0v) is 12.5. The van der Waals surface area contributed by atoms with Gasteiger partial charge in [0.2, 0.25) is 0 Å². The Balaban J connectivity index is 1.75. The number of unbranched alkanes of at least 4 members (excludes halogenated alkanes) is 1. The molecule has 4 nitrogen and oxygen atoms in total. The highest BCUT2D eigenvalue weighted by atomic mass is 15.0. The lowest BCUT2D eigenvalue weighted by Gasteiger charge is -2.19. The molecule has 2 aromatic rings.